The molecule has 1 aliphatic heterocycles. The summed E-state index contributed by atoms with van der Waals surface area (Å²) in [6.45, 7) is 0.430. The molecule has 3 aromatic rings. The minimum atomic E-state index is -0.582. The third kappa shape index (κ3) is 3.31. The van der Waals surface area contributed by atoms with Gasteiger partial charge in [-0.1, -0.05) is 22.0 Å². The lowest BCUT2D eigenvalue weighted by molar-refractivity contribution is -0.384. The van der Waals surface area contributed by atoms with E-state index >= 15 is 0 Å². The van der Waals surface area contributed by atoms with Gasteiger partial charge in [0.15, 0.2) is 6.04 Å². The molecule has 1 fully saturated rings. The molecule has 0 aliphatic carbocycles. The fourth-order valence-electron chi connectivity index (χ4n) is 2.98. The molecule has 4 rings (SSSR count). The Labute approximate surface area is 161 Å². The molecule has 1 atom stereocenters. The van der Waals surface area contributed by atoms with Gasteiger partial charge < -0.3 is 4.90 Å². The lowest BCUT2D eigenvalue weighted by atomic mass is 10.2. The van der Waals surface area contributed by atoms with E-state index in [1.807, 2.05) is 24.3 Å². The van der Waals surface area contributed by atoms with Crippen molar-refractivity contribution in [2.75, 3.05) is 11.4 Å². The molecule has 2 aromatic carbocycles. The Kier molecular flexibility index (Phi) is 4.40. The number of anilines is 1. The maximum absolute atomic E-state index is 12.8. The van der Waals surface area contributed by atoms with E-state index < -0.39 is 11.0 Å². The average Bonchev–Trinajstić information content (AvgIpc) is 3.29. The SMILES string of the molecule is O=C1C(n2nnc(-c3ccc(Br)cc3)n2)CCN1c1cccc([N+](=O)[O-])c1. The second-order valence-electron chi connectivity index (χ2n) is 6.01. The number of amides is 1. The van der Waals surface area contributed by atoms with Gasteiger partial charge in [-0.05, 0) is 42.0 Å². The molecule has 0 saturated carbocycles. The summed E-state index contributed by atoms with van der Waals surface area (Å²) in [6, 6.07) is 12.9. The first-order valence-corrected chi connectivity index (χ1v) is 8.93. The van der Waals surface area contributed by atoms with Crippen molar-refractivity contribution in [1.29, 1.82) is 0 Å². The topological polar surface area (TPSA) is 107 Å². The first-order chi connectivity index (χ1) is 13.0. The minimum Gasteiger partial charge on any atom is -0.310 e. The highest BCUT2D eigenvalue weighted by atomic mass is 79.9. The summed E-state index contributed by atoms with van der Waals surface area (Å²) >= 11 is 3.37. The van der Waals surface area contributed by atoms with Crippen molar-refractivity contribution in [3.05, 3.63) is 63.1 Å². The van der Waals surface area contributed by atoms with E-state index in [4.69, 9.17) is 0 Å². The van der Waals surface area contributed by atoms with E-state index in [9.17, 15) is 14.9 Å². The zero-order valence-corrected chi connectivity index (χ0v) is 15.5. The van der Waals surface area contributed by atoms with Crippen molar-refractivity contribution in [3.8, 4) is 11.4 Å². The van der Waals surface area contributed by atoms with Crippen LogP contribution in [0.3, 0.4) is 0 Å². The number of benzene rings is 2. The van der Waals surface area contributed by atoms with Crippen molar-refractivity contribution in [3.63, 3.8) is 0 Å². The molecule has 1 amide bonds. The number of tetrazole rings is 1. The predicted molar refractivity (Wildman–Crippen MR) is 100 cm³/mol. The number of carbonyl (C=O) groups excluding carboxylic acids is 1. The molecule has 1 aromatic heterocycles. The number of hydrogen-bond donors (Lipinski definition) is 0. The Hall–Kier alpha value is -3.14. The smallest absolute Gasteiger partial charge is 0.271 e. The van der Waals surface area contributed by atoms with Crippen molar-refractivity contribution in [2.45, 2.75) is 12.5 Å². The van der Waals surface area contributed by atoms with Gasteiger partial charge in [0.05, 0.1) is 10.6 Å². The summed E-state index contributed by atoms with van der Waals surface area (Å²) in [5, 5.41) is 23.4. The molecule has 0 radical (unpaired) electrons. The Morgan fingerprint density at radius 1 is 1.19 bits per heavy atom. The van der Waals surface area contributed by atoms with E-state index in [0.717, 1.165) is 10.0 Å². The van der Waals surface area contributed by atoms with Gasteiger partial charge in [0.25, 0.3) is 11.6 Å². The first-order valence-electron chi connectivity index (χ1n) is 8.14. The van der Waals surface area contributed by atoms with Crippen LogP contribution in [0.25, 0.3) is 11.4 Å². The normalized spacial score (nSPS) is 16.7. The summed E-state index contributed by atoms with van der Waals surface area (Å²) in [7, 11) is 0. The van der Waals surface area contributed by atoms with E-state index in [1.54, 1.807) is 12.1 Å². The van der Waals surface area contributed by atoms with Gasteiger partial charge >= 0.3 is 0 Å². The largest absolute Gasteiger partial charge is 0.310 e. The second kappa shape index (κ2) is 6.88. The third-order valence-corrected chi connectivity index (χ3v) is 4.87. The average molecular weight is 429 g/mol. The van der Waals surface area contributed by atoms with Gasteiger partial charge in [-0.2, -0.15) is 4.80 Å². The lowest BCUT2D eigenvalue weighted by Crippen LogP contribution is -2.29. The van der Waals surface area contributed by atoms with Crippen LogP contribution in [0, 0.1) is 10.1 Å². The summed E-state index contributed by atoms with van der Waals surface area (Å²) in [5.74, 6) is 0.222. The molecule has 0 spiro atoms. The zero-order chi connectivity index (χ0) is 19.0. The van der Waals surface area contributed by atoms with Crippen LogP contribution in [0.1, 0.15) is 12.5 Å². The molecule has 1 aliphatic rings. The van der Waals surface area contributed by atoms with Gasteiger partial charge in [-0.25, -0.2) is 0 Å². The van der Waals surface area contributed by atoms with Crippen molar-refractivity contribution < 1.29 is 9.72 Å². The molecule has 0 N–H and O–H groups in total. The fourth-order valence-corrected chi connectivity index (χ4v) is 3.25. The molecule has 1 unspecified atom stereocenters. The minimum absolute atomic E-state index is 0.0554. The number of hydrogen-bond acceptors (Lipinski definition) is 6. The fraction of sp³-hybridized carbons (Fsp3) is 0.176. The van der Waals surface area contributed by atoms with Crippen LogP contribution in [0.5, 0.6) is 0 Å². The number of nitro groups is 1. The maximum atomic E-state index is 12.8. The van der Waals surface area contributed by atoms with Crippen LogP contribution in [0.4, 0.5) is 11.4 Å². The molecular formula is C17H13BrN6O3. The molecular weight excluding hydrogens is 416 g/mol. The van der Waals surface area contributed by atoms with Gasteiger partial charge in [0.1, 0.15) is 0 Å². The molecule has 1 saturated heterocycles. The number of non-ortho nitro benzene ring substituents is 1. The summed E-state index contributed by atoms with van der Waals surface area (Å²) in [5.41, 5.74) is 1.23. The van der Waals surface area contributed by atoms with Gasteiger partial charge in [-0.15, -0.1) is 10.2 Å². The number of carbonyl (C=O) groups is 1. The van der Waals surface area contributed by atoms with Gasteiger partial charge in [-0.3, -0.25) is 14.9 Å². The number of aromatic nitrogens is 4. The van der Waals surface area contributed by atoms with Gasteiger partial charge in [0, 0.05) is 28.7 Å². The predicted octanol–water partition coefficient (Wildman–Crippen LogP) is 2.99. The number of rotatable bonds is 4. The summed E-state index contributed by atoms with van der Waals surface area (Å²) < 4.78 is 0.942. The van der Waals surface area contributed by atoms with Crippen LogP contribution in [-0.4, -0.2) is 37.6 Å². The Bertz CT molecular complexity index is 1020. The highest BCUT2D eigenvalue weighted by molar-refractivity contribution is 9.10. The Morgan fingerprint density at radius 2 is 1.96 bits per heavy atom. The summed E-state index contributed by atoms with van der Waals surface area (Å²) in [6.07, 6.45) is 0.498. The molecule has 9 nitrogen and oxygen atoms in total. The van der Waals surface area contributed by atoms with Crippen LogP contribution in [0.15, 0.2) is 53.0 Å². The van der Waals surface area contributed by atoms with Crippen LogP contribution < -0.4 is 4.90 Å². The molecule has 10 heteroatoms. The highest BCUT2D eigenvalue weighted by Crippen LogP contribution is 2.30. The van der Waals surface area contributed by atoms with E-state index in [-0.39, 0.29) is 11.6 Å². The lowest BCUT2D eigenvalue weighted by Gasteiger charge is -2.16. The Morgan fingerprint density at radius 3 is 2.70 bits per heavy atom. The standard InChI is InChI=1S/C17H13BrN6O3/c18-12-6-4-11(5-7-12)16-19-21-23(20-16)15-8-9-22(17(15)25)13-2-1-3-14(10-13)24(26)27/h1-7,10,15H,8-9H2. The molecule has 0 bridgehead atoms. The van der Waals surface area contributed by atoms with Crippen molar-refractivity contribution in [1.82, 2.24) is 20.2 Å². The van der Waals surface area contributed by atoms with E-state index in [0.29, 0.717) is 24.5 Å². The molecule has 2 heterocycles. The van der Waals surface area contributed by atoms with E-state index in [2.05, 4.69) is 31.3 Å². The highest BCUT2D eigenvalue weighted by Gasteiger charge is 2.36. The van der Waals surface area contributed by atoms with Crippen LogP contribution in [0.2, 0.25) is 0 Å². The third-order valence-electron chi connectivity index (χ3n) is 4.34. The monoisotopic (exact) mass is 428 g/mol. The number of nitro benzene ring substituents is 1. The number of nitrogens with zero attached hydrogens (tertiary/aromatic N) is 6. The quantitative estimate of drug-likeness (QED) is 0.466. The first kappa shape index (κ1) is 17.3. The Balaban J connectivity index is 1.56. The molecule has 136 valence electrons. The van der Waals surface area contributed by atoms with E-state index in [1.165, 1.54) is 21.8 Å². The molecule has 27 heavy (non-hydrogen) atoms. The second-order valence-corrected chi connectivity index (χ2v) is 6.93. The zero-order valence-electron chi connectivity index (χ0n) is 13.9. The maximum Gasteiger partial charge on any atom is 0.271 e. The van der Waals surface area contributed by atoms with Gasteiger partial charge in [0.2, 0.25) is 5.82 Å². The van der Waals surface area contributed by atoms with Crippen molar-refractivity contribution in [2.24, 2.45) is 0 Å². The van der Waals surface area contributed by atoms with Crippen LogP contribution in [-0.2, 0) is 4.79 Å². The van der Waals surface area contributed by atoms with Crippen LogP contribution >= 0.6 is 15.9 Å². The van der Waals surface area contributed by atoms with Crippen molar-refractivity contribution >= 4 is 33.2 Å². The summed E-state index contributed by atoms with van der Waals surface area (Å²) in [4.78, 5) is 26.1. The number of halogens is 1.